The van der Waals surface area contributed by atoms with Gasteiger partial charge in [-0.05, 0) is 6.42 Å². The van der Waals surface area contributed by atoms with Crippen LogP contribution in [0.1, 0.15) is 12.8 Å². The predicted molar refractivity (Wildman–Crippen MR) is 34.6 cm³/mol. The van der Waals surface area contributed by atoms with Gasteiger partial charge in [0, 0.05) is 30.3 Å². The van der Waals surface area contributed by atoms with E-state index >= 15 is 0 Å². The van der Waals surface area contributed by atoms with E-state index in [1.165, 1.54) is 0 Å². The van der Waals surface area contributed by atoms with Crippen molar-refractivity contribution in [2.24, 2.45) is 0 Å². The van der Waals surface area contributed by atoms with Gasteiger partial charge in [-0.2, -0.15) is 0 Å². The molecule has 5 heteroatoms. The second-order valence-corrected chi connectivity index (χ2v) is 2.00. The topological polar surface area (TPSA) is 66.4 Å². The molecule has 0 aliphatic carbocycles. The van der Waals surface area contributed by atoms with Crippen molar-refractivity contribution in [1.82, 2.24) is 5.32 Å². The Kier molecular flexibility index (Phi) is 3.70. The fourth-order valence-electron chi connectivity index (χ4n) is 0.799. The van der Waals surface area contributed by atoms with Gasteiger partial charge < -0.3 is 10.4 Å². The van der Waals surface area contributed by atoms with Crippen LogP contribution in [-0.2, 0) is 9.59 Å². The van der Waals surface area contributed by atoms with Crippen molar-refractivity contribution in [3.8, 4) is 0 Å². The number of carboxylic acid groups (broad SMARTS) is 1. The van der Waals surface area contributed by atoms with E-state index in [-0.39, 0.29) is 29.8 Å². The molecule has 4 nitrogen and oxygen atoms in total. The molecule has 1 saturated heterocycles. The monoisotopic (exact) mass is 249 g/mol. The van der Waals surface area contributed by atoms with Crippen molar-refractivity contribution in [2.75, 3.05) is 0 Å². The molecule has 1 aliphatic heterocycles. The van der Waals surface area contributed by atoms with Gasteiger partial charge in [0.15, 0.2) is 0 Å². The summed E-state index contributed by atoms with van der Waals surface area (Å²) in [6.07, 6.45) is 0.769. The van der Waals surface area contributed by atoms with Crippen LogP contribution in [0, 0.1) is 0 Å². The molecular formula is C5H7NO3Sn. The zero-order valence-corrected chi connectivity index (χ0v) is 8.11. The van der Waals surface area contributed by atoms with Crippen molar-refractivity contribution in [3.63, 3.8) is 0 Å². The normalized spacial score (nSPS) is 23.2. The summed E-state index contributed by atoms with van der Waals surface area (Å²) >= 11 is 0. The standard InChI is InChI=1S/C5H7NO3.Sn/c7-4-2-1-3(6-4)5(8)9;/h3H,1-2H2,(H,6,7)(H,8,9);. The SMILES string of the molecule is O=C1CCC(C(=O)O)N1.[Sn]. The Bertz CT molecular complexity index is 159. The van der Waals surface area contributed by atoms with E-state index in [4.69, 9.17) is 5.11 Å². The summed E-state index contributed by atoms with van der Waals surface area (Å²) < 4.78 is 0. The molecular weight excluding hydrogens is 241 g/mol. The number of carboxylic acids is 1. The average molecular weight is 248 g/mol. The number of hydrogen-bond donors (Lipinski definition) is 2. The van der Waals surface area contributed by atoms with Crippen LogP contribution in [0.3, 0.4) is 0 Å². The smallest absolute Gasteiger partial charge is 0.326 e. The van der Waals surface area contributed by atoms with Gasteiger partial charge in [0.2, 0.25) is 5.91 Å². The van der Waals surface area contributed by atoms with Crippen LogP contribution in [-0.4, -0.2) is 46.9 Å². The molecule has 1 aliphatic rings. The second kappa shape index (κ2) is 3.80. The number of nitrogens with one attached hydrogen (secondary N) is 1. The maximum atomic E-state index is 10.4. The summed E-state index contributed by atoms with van der Waals surface area (Å²) in [6, 6.07) is -0.641. The fourth-order valence-corrected chi connectivity index (χ4v) is 0.799. The molecule has 1 unspecified atom stereocenters. The van der Waals surface area contributed by atoms with E-state index in [1.54, 1.807) is 0 Å². The van der Waals surface area contributed by atoms with E-state index < -0.39 is 12.0 Å². The van der Waals surface area contributed by atoms with Crippen LogP contribution in [0.2, 0.25) is 0 Å². The van der Waals surface area contributed by atoms with Crippen molar-refractivity contribution in [2.45, 2.75) is 18.9 Å². The maximum absolute atomic E-state index is 10.4. The number of carbonyl (C=O) groups is 2. The molecule has 1 fully saturated rings. The molecule has 54 valence electrons. The molecule has 0 aromatic heterocycles. The Hall–Kier alpha value is -0.261. The van der Waals surface area contributed by atoms with E-state index in [2.05, 4.69) is 5.32 Å². The van der Waals surface area contributed by atoms with Crippen LogP contribution in [0.5, 0.6) is 0 Å². The second-order valence-electron chi connectivity index (χ2n) is 2.00. The summed E-state index contributed by atoms with van der Waals surface area (Å²) in [5.74, 6) is -1.11. The molecule has 2 N–H and O–H groups in total. The summed E-state index contributed by atoms with van der Waals surface area (Å²) in [5, 5.41) is 10.6. The van der Waals surface area contributed by atoms with Crippen LogP contribution < -0.4 is 5.32 Å². The first kappa shape index (κ1) is 9.74. The Morgan fingerprint density at radius 1 is 1.70 bits per heavy atom. The molecule has 0 spiro atoms. The molecule has 0 aromatic carbocycles. The van der Waals surface area contributed by atoms with Gasteiger partial charge in [0.25, 0.3) is 0 Å². The maximum Gasteiger partial charge on any atom is 0.326 e. The third kappa shape index (κ3) is 2.17. The number of hydrogen-bond acceptors (Lipinski definition) is 2. The molecule has 4 radical (unpaired) electrons. The Morgan fingerprint density at radius 2 is 2.30 bits per heavy atom. The average Bonchev–Trinajstić information content (AvgIpc) is 2.14. The van der Waals surface area contributed by atoms with E-state index in [1.807, 2.05) is 0 Å². The zero-order chi connectivity index (χ0) is 6.85. The third-order valence-electron chi connectivity index (χ3n) is 1.29. The van der Waals surface area contributed by atoms with Crippen LogP contribution in [0.25, 0.3) is 0 Å². The van der Waals surface area contributed by atoms with E-state index in [0.717, 1.165) is 0 Å². The minimum absolute atomic E-state index is 0. The Morgan fingerprint density at radius 3 is 2.50 bits per heavy atom. The first-order valence-electron chi connectivity index (χ1n) is 2.72. The van der Waals surface area contributed by atoms with Gasteiger partial charge in [0.1, 0.15) is 6.04 Å². The summed E-state index contributed by atoms with van der Waals surface area (Å²) in [6.45, 7) is 0. The Balaban J connectivity index is 0.000000810. The molecule has 1 heterocycles. The number of aliphatic carboxylic acids is 1. The molecule has 1 atom stereocenters. The summed E-state index contributed by atoms with van der Waals surface area (Å²) in [7, 11) is 0. The van der Waals surface area contributed by atoms with Crippen molar-refractivity contribution < 1.29 is 14.7 Å². The number of carbonyl (C=O) groups excluding carboxylic acids is 1. The van der Waals surface area contributed by atoms with Gasteiger partial charge in [0.05, 0.1) is 0 Å². The van der Waals surface area contributed by atoms with Gasteiger partial charge >= 0.3 is 5.97 Å². The summed E-state index contributed by atoms with van der Waals surface area (Å²) in [5.41, 5.74) is 0. The largest absolute Gasteiger partial charge is 0.480 e. The first-order valence-corrected chi connectivity index (χ1v) is 2.72. The molecule has 1 amide bonds. The fraction of sp³-hybridized carbons (Fsp3) is 0.600. The Labute approximate surface area is 74.9 Å². The van der Waals surface area contributed by atoms with Crippen LogP contribution in [0.15, 0.2) is 0 Å². The number of amides is 1. The third-order valence-corrected chi connectivity index (χ3v) is 1.29. The minimum Gasteiger partial charge on any atom is -0.480 e. The quantitative estimate of drug-likeness (QED) is 0.583. The van der Waals surface area contributed by atoms with E-state index in [9.17, 15) is 9.59 Å². The van der Waals surface area contributed by atoms with Crippen molar-refractivity contribution in [3.05, 3.63) is 0 Å². The van der Waals surface area contributed by atoms with E-state index in [0.29, 0.717) is 12.8 Å². The molecule has 1 rings (SSSR count). The van der Waals surface area contributed by atoms with Gasteiger partial charge in [-0.15, -0.1) is 0 Å². The van der Waals surface area contributed by atoms with Gasteiger partial charge in [-0.1, -0.05) is 0 Å². The summed E-state index contributed by atoms with van der Waals surface area (Å²) in [4.78, 5) is 20.5. The molecule has 0 aromatic rings. The van der Waals surface area contributed by atoms with Gasteiger partial charge in [-0.3, -0.25) is 4.79 Å². The minimum atomic E-state index is -0.944. The predicted octanol–water partition coefficient (Wildman–Crippen LogP) is -1.03. The number of rotatable bonds is 1. The van der Waals surface area contributed by atoms with Gasteiger partial charge in [-0.25, -0.2) is 4.79 Å². The first-order chi connectivity index (χ1) is 4.20. The van der Waals surface area contributed by atoms with Crippen LogP contribution >= 0.6 is 0 Å². The molecule has 0 saturated carbocycles. The zero-order valence-electron chi connectivity index (χ0n) is 5.26. The van der Waals surface area contributed by atoms with Crippen molar-refractivity contribution in [1.29, 1.82) is 0 Å². The van der Waals surface area contributed by atoms with Crippen molar-refractivity contribution >= 4 is 35.8 Å². The molecule has 0 bridgehead atoms. The molecule has 10 heavy (non-hydrogen) atoms. The van der Waals surface area contributed by atoms with Crippen LogP contribution in [0.4, 0.5) is 0 Å².